The number of nitrogens with two attached hydrogens (primary N) is 1. The molecule has 0 aliphatic heterocycles. The third-order valence-corrected chi connectivity index (χ3v) is 3.60. The summed E-state index contributed by atoms with van der Waals surface area (Å²) in [5.74, 6) is -0.372. The highest BCUT2D eigenvalue weighted by Gasteiger charge is 2.22. The fourth-order valence-electron chi connectivity index (χ4n) is 2.41. The molecule has 3 nitrogen and oxygen atoms in total. The second-order valence-electron chi connectivity index (χ2n) is 5.09. The lowest BCUT2D eigenvalue weighted by Gasteiger charge is -2.23. The van der Waals surface area contributed by atoms with Crippen molar-refractivity contribution in [1.82, 2.24) is 0 Å². The van der Waals surface area contributed by atoms with E-state index < -0.39 is 0 Å². The van der Waals surface area contributed by atoms with Crippen LogP contribution >= 0.6 is 0 Å². The molecule has 1 unspecified atom stereocenters. The van der Waals surface area contributed by atoms with E-state index in [0.717, 1.165) is 18.4 Å². The molecule has 0 saturated heterocycles. The molecule has 3 heteroatoms. The molecule has 1 aromatic carbocycles. The van der Waals surface area contributed by atoms with Gasteiger partial charge in [-0.15, -0.1) is 0 Å². The summed E-state index contributed by atoms with van der Waals surface area (Å²) in [6.45, 7) is 1.87. The fraction of sp³-hybridized carbons (Fsp3) is 0.533. The van der Waals surface area contributed by atoms with Crippen LogP contribution in [-0.2, 0) is 9.53 Å². The van der Waals surface area contributed by atoms with Crippen LogP contribution in [0.5, 0.6) is 0 Å². The van der Waals surface area contributed by atoms with Gasteiger partial charge in [0.2, 0.25) is 0 Å². The molecule has 1 aliphatic rings. The number of carbonyl (C=O) groups is 1. The Hall–Kier alpha value is -1.51. The molecule has 0 heterocycles. The molecule has 0 bridgehead atoms. The second kappa shape index (κ2) is 5.89. The molecule has 18 heavy (non-hydrogen) atoms. The number of hydrogen-bond donors (Lipinski definition) is 1. The van der Waals surface area contributed by atoms with Gasteiger partial charge in [-0.1, -0.05) is 18.6 Å². The standard InChI is InChI=1S/C15H21NO2/c1-11(12-6-5-7-13(16)10-12)15(17)18-14-8-3-2-4-9-14/h5-7,10-11,14H,2-4,8-9,16H2,1H3. The van der Waals surface area contributed by atoms with Crippen LogP contribution in [0.15, 0.2) is 24.3 Å². The predicted octanol–water partition coefficient (Wildman–Crippen LogP) is 3.25. The van der Waals surface area contributed by atoms with Crippen LogP contribution in [0.4, 0.5) is 5.69 Å². The Kier molecular flexibility index (Phi) is 4.24. The lowest BCUT2D eigenvalue weighted by Crippen LogP contribution is -2.24. The SMILES string of the molecule is CC(C(=O)OC1CCCCC1)c1cccc(N)c1. The maximum atomic E-state index is 12.1. The molecule has 1 atom stereocenters. The number of carbonyl (C=O) groups excluding carboxylic acids is 1. The third-order valence-electron chi connectivity index (χ3n) is 3.60. The quantitative estimate of drug-likeness (QED) is 0.659. The minimum absolute atomic E-state index is 0.120. The molecular formula is C15H21NO2. The number of anilines is 1. The summed E-state index contributed by atoms with van der Waals surface area (Å²) < 4.78 is 5.57. The first kappa shape index (κ1) is 12.9. The average Bonchev–Trinajstić information content (AvgIpc) is 2.39. The number of nitrogen functional groups attached to an aromatic ring is 1. The highest BCUT2D eigenvalue weighted by molar-refractivity contribution is 5.78. The Balaban J connectivity index is 1.95. The highest BCUT2D eigenvalue weighted by Crippen LogP contribution is 2.24. The van der Waals surface area contributed by atoms with Crippen molar-refractivity contribution in [2.45, 2.75) is 51.0 Å². The van der Waals surface area contributed by atoms with Gasteiger partial charge < -0.3 is 10.5 Å². The van der Waals surface area contributed by atoms with Crippen molar-refractivity contribution < 1.29 is 9.53 Å². The monoisotopic (exact) mass is 247 g/mol. The van der Waals surface area contributed by atoms with Gasteiger partial charge in [0.25, 0.3) is 0 Å². The van der Waals surface area contributed by atoms with Crippen LogP contribution in [0.2, 0.25) is 0 Å². The molecule has 1 saturated carbocycles. The highest BCUT2D eigenvalue weighted by atomic mass is 16.5. The van der Waals surface area contributed by atoms with Gasteiger partial charge in [0.15, 0.2) is 0 Å². The van der Waals surface area contributed by atoms with Crippen molar-refractivity contribution in [3.05, 3.63) is 29.8 Å². The maximum absolute atomic E-state index is 12.1. The van der Waals surface area contributed by atoms with E-state index >= 15 is 0 Å². The average molecular weight is 247 g/mol. The summed E-state index contributed by atoms with van der Waals surface area (Å²) in [6, 6.07) is 7.45. The van der Waals surface area contributed by atoms with E-state index in [1.807, 2.05) is 31.2 Å². The van der Waals surface area contributed by atoms with Gasteiger partial charge in [0.05, 0.1) is 5.92 Å². The normalized spacial score (nSPS) is 18.3. The van der Waals surface area contributed by atoms with Crippen molar-refractivity contribution in [3.63, 3.8) is 0 Å². The number of benzene rings is 1. The molecule has 0 spiro atoms. The zero-order valence-corrected chi connectivity index (χ0v) is 10.9. The van der Waals surface area contributed by atoms with Crippen molar-refractivity contribution >= 4 is 11.7 Å². The first-order valence-corrected chi connectivity index (χ1v) is 6.73. The molecule has 2 N–H and O–H groups in total. The molecule has 1 aliphatic carbocycles. The number of hydrogen-bond acceptors (Lipinski definition) is 3. The minimum atomic E-state index is -0.240. The first-order chi connectivity index (χ1) is 8.66. The summed E-state index contributed by atoms with van der Waals surface area (Å²) in [4.78, 5) is 12.1. The van der Waals surface area contributed by atoms with Gasteiger partial charge in [0.1, 0.15) is 6.10 Å². The van der Waals surface area contributed by atoms with Gasteiger partial charge in [-0.25, -0.2) is 0 Å². The molecular weight excluding hydrogens is 226 g/mol. The first-order valence-electron chi connectivity index (χ1n) is 6.73. The van der Waals surface area contributed by atoms with Crippen LogP contribution in [0.25, 0.3) is 0 Å². The van der Waals surface area contributed by atoms with Crippen LogP contribution in [0.3, 0.4) is 0 Å². The Morgan fingerprint density at radius 2 is 2.06 bits per heavy atom. The lowest BCUT2D eigenvalue weighted by molar-refractivity contribution is -0.151. The summed E-state index contributed by atoms with van der Waals surface area (Å²) in [5, 5.41) is 0. The van der Waals surface area contributed by atoms with E-state index in [0.29, 0.717) is 5.69 Å². The zero-order valence-electron chi connectivity index (χ0n) is 10.9. The third kappa shape index (κ3) is 3.25. The zero-order chi connectivity index (χ0) is 13.0. The molecule has 2 rings (SSSR count). The van der Waals surface area contributed by atoms with Crippen molar-refractivity contribution in [2.24, 2.45) is 0 Å². The molecule has 1 fully saturated rings. The van der Waals surface area contributed by atoms with E-state index in [1.54, 1.807) is 0 Å². The van der Waals surface area contributed by atoms with Gasteiger partial charge in [-0.3, -0.25) is 4.79 Å². The van der Waals surface area contributed by atoms with E-state index in [2.05, 4.69) is 0 Å². The summed E-state index contributed by atoms with van der Waals surface area (Å²) in [5.41, 5.74) is 7.34. The predicted molar refractivity (Wildman–Crippen MR) is 72.2 cm³/mol. The van der Waals surface area contributed by atoms with Gasteiger partial charge >= 0.3 is 5.97 Å². The molecule has 1 aromatic rings. The largest absolute Gasteiger partial charge is 0.462 e. The number of ether oxygens (including phenoxy) is 1. The minimum Gasteiger partial charge on any atom is -0.462 e. The van der Waals surface area contributed by atoms with Gasteiger partial charge in [-0.2, -0.15) is 0 Å². The van der Waals surface area contributed by atoms with E-state index in [9.17, 15) is 4.79 Å². The number of rotatable bonds is 3. The smallest absolute Gasteiger partial charge is 0.313 e. The van der Waals surface area contributed by atoms with Crippen LogP contribution in [0, 0.1) is 0 Å². The molecule has 0 radical (unpaired) electrons. The van der Waals surface area contributed by atoms with Gasteiger partial charge in [-0.05, 0) is 50.3 Å². The Morgan fingerprint density at radius 1 is 1.33 bits per heavy atom. The fourth-order valence-corrected chi connectivity index (χ4v) is 2.41. The van der Waals surface area contributed by atoms with Gasteiger partial charge in [0, 0.05) is 5.69 Å². The van der Waals surface area contributed by atoms with Crippen LogP contribution < -0.4 is 5.73 Å². The van der Waals surface area contributed by atoms with E-state index in [4.69, 9.17) is 10.5 Å². The molecule has 0 amide bonds. The summed E-state index contributed by atoms with van der Waals surface area (Å²) in [6.07, 6.45) is 5.74. The lowest BCUT2D eigenvalue weighted by atomic mass is 9.97. The summed E-state index contributed by atoms with van der Waals surface area (Å²) in [7, 11) is 0. The Bertz CT molecular complexity index is 411. The van der Waals surface area contributed by atoms with E-state index in [-0.39, 0.29) is 18.0 Å². The topological polar surface area (TPSA) is 52.3 Å². The Morgan fingerprint density at radius 3 is 2.72 bits per heavy atom. The number of esters is 1. The van der Waals surface area contributed by atoms with Crippen molar-refractivity contribution in [3.8, 4) is 0 Å². The van der Waals surface area contributed by atoms with Crippen molar-refractivity contribution in [2.75, 3.05) is 5.73 Å². The van der Waals surface area contributed by atoms with E-state index in [1.165, 1.54) is 19.3 Å². The molecule has 98 valence electrons. The van der Waals surface area contributed by atoms with Crippen LogP contribution in [0.1, 0.15) is 50.5 Å². The summed E-state index contributed by atoms with van der Waals surface area (Å²) >= 11 is 0. The maximum Gasteiger partial charge on any atom is 0.313 e. The second-order valence-corrected chi connectivity index (χ2v) is 5.09. The van der Waals surface area contributed by atoms with Crippen LogP contribution in [-0.4, -0.2) is 12.1 Å². The molecule has 0 aromatic heterocycles. The Labute approximate surface area is 108 Å². The van der Waals surface area contributed by atoms with Crippen molar-refractivity contribution in [1.29, 1.82) is 0 Å².